The van der Waals surface area contributed by atoms with E-state index in [1.807, 2.05) is 6.07 Å². The molecular formula is C20H21NO2. The Bertz CT molecular complexity index is 794. The summed E-state index contributed by atoms with van der Waals surface area (Å²) in [6.07, 6.45) is 3.34. The summed E-state index contributed by atoms with van der Waals surface area (Å²) in [6.45, 7) is 1.47. The van der Waals surface area contributed by atoms with Gasteiger partial charge < -0.3 is 14.4 Å². The van der Waals surface area contributed by atoms with Crippen LogP contribution in [-0.2, 0) is 11.3 Å². The second-order valence-corrected chi connectivity index (χ2v) is 6.25. The molecule has 2 atom stereocenters. The minimum Gasteiger partial charge on any atom is -0.393 e. The highest BCUT2D eigenvalue weighted by molar-refractivity contribution is 5.84. The summed E-state index contributed by atoms with van der Waals surface area (Å²) in [5.74, 6) is 0. The molecule has 23 heavy (non-hydrogen) atoms. The van der Waals surface area contributed by atoms with Crippen LogP contribution in [0.4, 0.5) is 0 Å². The van der Waals surface area contributed by atoms with Gasteiger partial charge in [0.05, 0.1) is 12.2 Å². The third-order valence-electron chi connectivity index (χ3n) is 4.62. The van der Waals surface area contributed by atoms with Crippen molar-refractivity contribution in [3.8, 4) is 0 Å². The van der Waals surface area contributed by atoms with E-state index in [4.69, 9.17) is 4.74 Å². The molecule has 1 fully saturated rings. The van der Waals surface area contributed by atoms with Crippen LogP contribution in [0.1, 0.15) is 30.1 Å². The van der Waals surface area contributed by atoms with Gasteiger partial charge in [0.1, 0.15) is 0 Å². The zero-order valence-corrected chi connectivity index (χ0v) is 13.1. The minimum absolute atomic E-state index is 0.0133. The van der Waals surface area contributed by atoms with E-state index >= 15 is 0 Å². The smallest absolute Gasteiger partial charge is 0.0870 e. The Morgan fingerprint density at radius 3 is 2.65 bits per heavy atom. The summed E-state index contributed by atoms with van der Waals surface area (Å²) in [5.41, 5.74) is 3.69. The first-order valence-corrected chi connectivity index (χ1v) is 8.22. The van der Waals surface area contributed by atoms with E-state index in [1.54, 1.807) is 0 Å². The van der Waals surface area contributed by atoms with Gasteiger partial charge in [-0.3, -0.25) is 0 Å². The van der Waals surface area contributed by atoms with E-state index < -0.39 is 0 Å². The normalized spacial score (nSPS) is 21.6. The number of nitrogens with zero attached hydrogens (tertiary/aromatic N) is 1. The van der Waals surface area contributed by atoms with Gasteiger partial charge in [-0.15, -0.1) is 0 Å². The molecule has 0 saturated carbocycles. The fourth-order valence-corrected chi connectivity index (χ4v) is 3.44. The van der Waals surface area contributed by atoms with Crippen molar-refractivity contribution in [3.63, 3.8) is 0 Å². The maximum atomic E-state index is 9.97. The van der Waals surface area contributed by atoms with Crippen molar-refractivity contribution in [2.75, 3.05) is 6.61 Å². The van der Waals surface area contributed by atoms with Crippen LogP contribution in [0.2, 0.25) is 0 Å². The van der Waals surface area contributed by atoms with Crippen LogP contribution in [0.25, 0.3) is 10.9 Å². The summed E-state index contributed by atoms with van der Waals surface area (Å²) in [7, 11) is 0. The topological polar surface area (TPSA) is 34.4 Å². The van der Waals surface area contributed by atoms with Gasteiger partial charge in [0, 0.05) is 42.2 Å². The predicted octanol–water partition coefficient (Wildman–Crippen LogP) is 3.90. The van der Waals surface area contributed by atoms with Gasteiger partial charge in [-0.05, 0) is 18.1 Å². The first-order chi connectivity index (χ1) is 11.3. The first kappa shape index (κ1) is 14.5. The molecule has 1 saturated heterocycles. The van der Waals surface area contributed by atoms with Crippen molar-refractivity contribution in [2.45, 2.75) is 31.6 Å². The van der Waals surface area contributed by atoms with Crippen molar-refractivity contribution < 1.29 is 9.84 Å². The van der Waals surface area contributed by atoms with E-state index in [9.17, 15) is 5.11 Å². The number of ether oxygens (including phenoxy) is 1. The monoisotopic (exact) mass is 307 g/mol. The van der Waals surface area contributed by atoms with Gasteiger partial charge in [0.15, 0.2) is 0 Å². The molecule has 118 valence electrons. The summed E-state index contributed by atoms with van der Waals surface area (Å²) < 4.78 is 8.21. The van der Waals surface area contributed by atoms with Crippen LogP contribution in [0.5, 0.6) is 0 Å². The third-order valence-corrected chi connectivity index (χ3v) is 4.62. The molecule has 3 aromatic rings. The Morgan fingerprint density at radius 2 is 1.83 bits per heavy atom. The molecule has 0 radical (unpaired) electrons. The molecular weight excluding hydrogens is 286 g/mol. The number of hydrogen-bond donors (Lipinski definition) is 1. The zero-order chi connectivity index (χ0) is 15.6. The van der Waals surface area contributed by atoms with Crippen LogP contribution in [0, 0.1) is 0 Å². The van der Waals surface area contributed by atoms with E-state index in [0.717, 1.165) is 13.0 Å². The molecule has 0 spiro atoms. The molecule has 0 aliphatic carbocycles. The molecule has 0 unspecified atom stereocenters. The number of aromatic nitrogens is 1. The Kier molecular flexibility index (Phi) is 3.90. The fourth-order valence-electron chi connectivity index (χ4n) is 3.44. The van der Waals surface area contributed by atoms with Gasteiger partial charge in [0.25, 0.3) is 0 Å². The highest BCUT2D eigenvalue weighted by Crippen LogP contribution is 2.34. The highest BCUT2D eigenvalue weighted by atomic mass is 16.5. The summed E-state index contributed by atoms with van der Waals surface area (Å²) in [4.78, 5) is 0. The van der Waals surface area contributed by atoms with E-state index in [1.165, 1.54) is 22.0 Å². The largest absolute Gasteiger partial charge is 0.393 e. The highest BCUT2D eigenvalue weighted by Gasteiger charge is 2.25. The van der Waals surface area contributed by atoms with Gasteiger partial charge >= 0.3 is 0 Å². The van der Waals surface area contributed by atoms with Crippen LogP contribution >= 0.6 is 0 Å². The number of benzene rings is 2. The lowest BCUT2D eigenvalue weighted by Crippen LogP contribution is -2.23. The third kappa shape index (κ3) is 2.90. The summed E-state index contributed by atoms with van der Waals surface area (Å²) in [5, 5.41) is 11.2. The second-order valence-electron chi connectivity index (χ2n) is 6.25. The fraction of sp³-hybridized carbons (Fsp3) is 0.300. The molecule has 1 aromatic heterocycles. The van der Waals surface area contributed by atoms with Gasteiger partial charge in [-0.2, -0.15) is 0 Å². The Morgan fingerprint density at radius 1 is 1.04 bits per heavy atom. The molecule has 4 rings (SSSR count). The molecule has 1 aliphatic rings. The van der Waals surface area contributed by atoms with E-state index in [2.05, 4.69) is 59.3 Å². The van der Waals surface area contributed by atoms with Crippen LogP contribution in [0.3, 0.4) is 0 Å². The van der Waals surface area contributed by atoms with Crippen molar-refractivity contribution in [1.29, 1.82) is 0 Å². The van der Waals surface area contributed by atoms with Crippen LogP contribution in [-0.4, -0.2) is 22.4 Å². The van der Waals surface area contributed by atoms with Gasteiger partial charge in [-0.25, -0.2) is 0 Å². The summed E-state index contributed by atoms with van der Waals surface area (Å²) >= 11 is 0. The molecule has 0 bridgehead atoms. The predicted molar refractivity (Wildman–Crippen MR) is 91.4 cm³/mol. The zero-order valence-electron chi connectivity index (χ0n) is 13.1. The maximum Gasteiger partial charge on any atom is 0.0870 e. The van der Waals surface area contributed by atoms with Crippen molar-refractivity contribution in [1.82, 2.24) is 4.57 Å². The molecule has 2 heterocycles. The van der Waals surface area contributed by atoms with Gasteiger partial charge in [0.2, 0.25) is 0 Å². The number of hydrogen-bond acceptors (Lipinski definition) is 2. The Labute approximate surface area is 136 Å². The SMILES string of the molecule is O[C@H]1CCO[C@@H](c2cn(Cc3ccccc3)c3ccccc23)C1. The lowest BCUT2D eigenvalue weighted by Gasteiger charge is -2.26. The number of aliphatic hydroxyl groups excluding tert-OH is 1. The van der Waals surface area contributed by atoms with E-state index in [0.29, 0.717) is 13.0 Å². The average Bonchev–Trinajstić information content (AvgIpc) is 2.95. The maximum absolute atomic E-state index is 9.97. The molecule has 3 nitrogen and oxygen atoms in total. The quantitative estimate of drug-likeness (QED) is 0.796. The number of aliphatic hydroxyl groups is 1. The van der Waals surface area contributed by atoms with Crippen molar-refractivity contribution >= 4 is 10.9 Å². The Hall–Kier alpha value is -2.10. The lowest BCUT2D eigenvalue weighted by atomic mass is 9.99. The molecule has 1 aliphatic heterocycles. The van der Waals surface area contributed by atoms with Crippen molar-refractivity contribution in [3.05, 3.63) is 71.9 Å². The second kappa shape index (κ2) is 6.19. The van der Waals surface area contributed by atoms with Crippen molar-refractivity contribution in [2.24, 2.45) is 0 Å². The molecule has 2 aromatic carbocycles. The van der Waals surface area contributed by atoms with Gasteiger partial charge in [-0.1, -0.05) is 48.5 Å². The first-order valence-electron chi connectivity index (χ1n) is 8.22. The average molecular weight is 307 g/mol. The molecule has 1 N–H and O–H groups in total. The number of fused-ring (bicyclic) bond motifs is 1. The number of para-hydroxylation sites is 1. The number of rotatable bonds is 3. The van der Waals surface area contributed by atoms with Crippen LogP contribution in [0.15, 0.2) is 60.8 Å². The van der Waals surface area contributed by atoms with Crippen LogP contribution < -0.4 is 0 Å². The lowest BCUT2D eigenvalue weighted by molar-refractivity contribution is -0.0442. The standard InChI is InChI=1S/C20H21NO2/c22-16-10-11-23-20(12-16)18-14-21(13-15-6-2-1-3-7-15)19-9-5-4-8-17(18)19/h1-9,14,16,20,22H,10-13H2/t16-,20+/m0/s1. The van der Waals surface area contributed by atoms with E-state index in [-0.39, 0.29) is 12.2 Å². The molecule has 0 amide bonds. The summed E-state index contributed by atoms with van der Waals surface area (Å²) in [6, 6.07) is 18.9. The molecule has 3 heteroatoms. The minimum atomic E-state index is -0.259. The Balaban J connectivity index is 1.74.